The molecule has 0 atom stereocenters. The van der Waals surface area contributed by atoms with Gasteiger partial charge in [0.2, 0.25) is 0 Å². The molecule has 1 amide bonds. The van der Waals surface area contributed by atoms with Crippen LogP contribution >= 0.6 is 0 Å². The van der Waals surface area contributed by atoms with E-state index < -0.39 is 6.09 Å². The Balaban J connectivity index is 3.08. The topological polar surface area (TPSA) is 69.2 Å². The molecule has 0 aliphatic heterocycles. The smallest absolute Gasteiger partial charge is 0.187 e. The highest BCUT2D eigenvalue weighted by atomic mass is 16.4. The Hall–Kier alpha value is -2.10. The summed E-state index contributed by atoms with van der Waals surface area (Å²) >= 11 is 0. The third-order valence-electron chi connectivity index (χ3n) is 1.61. The van der Waals surface area contributed by atoms with E-state index in [2.05, 4.69) is 6.58 Å². The predicted molar refractivity (Wildman–Crippen MR) is 50.0 cm³/mol. The number of carbonyl (C=O) groups excluding carboxylic acids is 2. The number of nitrogens with one attached hydrogen (secondary N) is 1. The van der Waals surface area contributed by atoms with Gasteiger partial charge in [-0.3, -0.25) is 4.79 Å². The molecule has 0 aromatic heterocycles. The molecule has 14 heavy (non-hydrogen) atoms. The Morgan fingerprint density at radius 3 is 2.57 bits per heavy atom. The molecule has 0 fully saturated rings. The van der Waals surface area contributed by atoms with Crippen molar-refractivity contribution in [2.45, 2.75) is 0 Å². The summed E-state index contributed by atoms with van der Waals surface area (Å²) in [6.07, 6.45) is -0.329. The van der Waals surface area contributed by atoms with Gasteiger partial charge >= 0.3 is 0 Å². The van der Waals surface area contributed by atoms with Gasteiger partial charge in [-0.2, -0.15) is 0 Å². The highest BCUT2D eigenvalue weighted by Crippen LogP contribution is 2.15. The number of ketones is 1. The van der Waals surface area contributed by atoms with E-state index in [9.17, 15) is 14.7 Å². The Morgan fingerprint density at radius 2 is 2.00 bits per heavy atom. The van der Waals surface area contributed by atoms with E-state index in [1.54, 1.807) is 12.1 Å². The molecule has 1 aromatic rings. The molecule has 4 heteroatoms. The van der Waals surface area contributed by atoms with Gasteiger partial charge in [0, 0.05) is 5.56 Å². The number of carbonyl (C=O) groups is 2. The lowest BCUT2D eigenvalue weighted by Crippen LogP contribution is -2.29. The molecule has 0 aliphatic carbocycles. The predicted octanol–water partition coefficient (Wildman–Crippen LogP) is 0.810. The summed E-state index contributed by atoms with van der Waals surface area (Å²) in [6, 6.07) is 6.24. The number of hydrogen-bond donors (Lipinski definition) is 1. The number of carboxylic acid groups (broad SMARTS) is 1. The number of anilines is 1. The minimum absolute atomic E-state index is 0.206. The molecule has 1 aromatic carbocycles. The van der Waals surface area contributed by atoms with Crippen molar-refractivity contribution in [3.05, 3.63) is 42.5 Å². The van der Waals surface area contributed by atoms with Crippen LogP contribution in [-0.4, -0.2) is 11.9 Å². The molecule has 0 saturated heterocycles. The average molecular weight is 190 g/mol. The van der Waals surface area contributed by atoms with Gasteiger partial charge in [0.25, 0.3) is 0 Å². The lowest BCUT2D eigenvalue weighted by atomic mass is 10.1. The zero-order valence-corrected chi connectivity index (χ0v) is 7.32. The van der Waals surface area contributed by atoms with Crippen molar-refractivity contribution in [1.29, 1.82) is 0 Å². The summed E-state index contributed by atoms with van der Waals surface area (Å²) in [6.45, 7) is 3.32. The van der Waals surface area contributed by atoms with Crippen LogP contribution in [0.1, 0.15) is 10.4 Å². The lowest BCUT2D eigenvalue weighted by molar-refractivity contribution is -0.242. The first-order valence-corrected chi connectivity index (χ1v) is 3.89. The summed E-state index contributed by atoms with van der Waals surface area (Å²) in [5.41, 5.74) is 0.462. The third-order valence-corrected chi connectivity index (χ3v) is 1.61. The largest absolute Gasteiger partial charge is 0.530 e. The molecule has 0 radical (unpaired) electrons. The van der Waals surface area contributed by atoms with Gasteiger partial charge in [0.05, 0.1) is 5.69 Å². The SMILES string of the molecule is C=CC(=O)c1ccccc1NC(=O)[O-]. The maximum Gasteiger partial charge on any atom is 0.187 e. The molecule has 1 N–H and O–H groups in total. The number of hydrogen-bond acceptors (Lipinski definition) is 3. The summed E-state index contributed by atoms with van der Waals surface area (Å²) < 4.78 is 0. The zero-order valence-electron chi connectivity index (χ0n) is 7.32. The number of benzene rings is 1. The number of amides is 1. The van der Waals surface area contributed by atoms with Crippen molar-refractivity contribution in [3.8, 4) is 0 Å². The fraction of sp³-hybridized carbons (Fsp3) is 0. The third kappa shape index (κ3) is 2.20. The van der Waals surface area contributed by atoms with Crippen LogP contribution in [0.15, 0.2) is 36.9 Å². The van der Waals surface area contributed by atoms with Gasteiger partial charge in [-0.15, -0.1) is 0 Å². The van der Waals surface area contributed by atoms with Crippen LogP contribution in [0.25, 0.3) is 0 Å². The van der Waals surface area contributed by atoms with Gasteiger partial charge in [-0.1, -0.05) is 18.7 Å². The first-order chi connectivity index (χ1) is 6.65. The maximum atomic E-state index is 11.2. The summed E-state index contributed by atoms with van der Waals surface area (Å²) in [5.74, 6) is -0.339. The van der Waals surface area contributed by atoms with Crippen LogP contribution in [0.4, 0.5) is 10.5 Å². The molecule has 0 bridgehead atoms. The van der Waals surface area contributed by atoms with E-state index in [-0.39, 0.29) is 17.0 Å². The molecule has 0 unspecified atom stereocenters. The summed E-state index contributed by atoms with van der Waals surface area (Å²) in [7, 11) is 0. The highest BCUT2D eigenvalue weighted by Gasteiger charge is 2.06. The van der Waals surface area contributed by atoms with Crippen molar-refractivity contribution in [1.82, 2.24) is 0 Å². The van der Waals surface area contributed by atoms with Crippen LogP contribution in [0.3, 0.4) is 0 Å². The maximum absolute atomic E-state index is 11.2. The van der Waals surface area contributed by atoms with Crippen LogP contribution in [-0.2, 0) is 0 Å². The number of allylic oxidation sites excluding steroid dienone is 1. The molecule has 0 aliphatic rings. The minimum atomic E-state index is -1.45. The molecule has 72 valence electrons. The molecule has 0 saturated carbocycles. The first kappa shape index (κ1) is 9.98. The van der Waals surface area contributed by atoms with E-state index in [4.69, 9.17) is 0 Å². The van der Waals surface area contributed by atoms with Crippen LogP contribution in [0, 0.1) is 0 Å². The number of rotatable bonds is 3. The van der Waals surface area contributed by atoms with Crippen molar-refractivity contribution >= 4 is 17.6 Å². The van der Waals surface area contributed by atoms with Crippen molar-refractivity contribution < 1.29 is 14.7 Å². The average Bonchev–Trinajstić information content (AvgIpc) is 2.16. The van der Waals surface area contributed by atoms with E-state index >= 15 is 0 Å². The van der Waals surface area contributed by atoms with E-state index in [0.29, 0.717) is 0 Å². The van der Waals surface area contributed by atoms with Gasteiger partial charge in [-0.05, 0) is 18.2 Å². The van der Waals surface area contributed by atoms with Crippen LogP contribution in [0.5, 0.6) is 0 Å². The Labute approximate surface area is 80.9 Å². The Bertz CT molecular complexity index is 385. The van der Waals surface area contributed by atoms with Crippen molar-refractivity contribution in [3.63, 3.8) is 0 Å². The highest BCUT2D eigenvalue weighted by molar-refractivity contribution is 6.09. The molecule has 4 nitrogen and oxygen atoms in total. The fourth-order valence-electron chi connectivity index (χ4n) is 1.03. The van der Waals surface area contributed by atoms with E-state index in [1.165, 1.54) is 12.1 Å². The second kappa shape index (κ2) is 4.23. The second-order valence-electron chi connectivity index (χ2n) is 2.53. The molecule has 0 spiro atoms. The molecule has 1 rings (SSSR count). The van der Waals surface area contributed by atoms with E-state index in [1.807, 2.05) is 5.32 Å². The summed E-state index contributed by atoms with van der Waals surface area (Å²) in [4.78, 5) is 21.5. The van der Waals surface area contributed by atoms with Gasteiger partial charge < -0.3 is 15.2 Å². The quantitative estimate of drug-likeness (QED) is 0.566. The Kier molecular flexibility index (Phi) is 3.01. The van der Waals surface area contributed by atoms with Crippen molar-refractivity contribution in [2.24, 2.45) is 0 Å². The number of para-hydroxylation sites is 1. The van der Waals surface area contributed by atoms with Crippen molar-refractivity contribution in [2.75, 3.05) is 5.32 Å². The van der Waals surface area contributed by atoms with Gasteiger partial charge in [-0.25, -0.2) is 0 Å². The normalized spacial score (nSPS) is 9.14. The van der Waals surface area contributed by atoms with Gasteiger partial charge in [0.15, 0.2) is 5.78 Å². The lowest BCUT2D eigenvalue weighted by Gasteiger charge is -2.09. The molecular weight excluding hydrogens is 182 g/mol. The Morgan fingerprint density at radius 1 is 1.36 bits per heavy atom. The standard InChI is InChI=1S/C10H9NO3/c1-2-9(12)7-5-3-4-6-8(7)11-10(13)14/h2-6,11H,1H2,(H,13,14)/p-1. The molecule has 0 heterocycles. The second-order valence-corrected chi connectivity index (χ2v) is 2.53. The zero-order chi connectivity index (χ0) is 10.6. The first-order valence-electron chi connectivity index (χ1n) is 3.89. The molecular formula is C10H8NO3-. The summed E-state index contributed by atoms with van der Waals surface area (Å²) in [5, 5.41) is 12.3. The van der Waals surface area contributed by atoms with Crippen LogP contribution < -0.4 is 10.4 Å². The minimum Gasteiger partial charge on any atom is -0.530 e. The fourth-order valence-corrected chi connectivity index (χ4v) is 1.03. The van der Waals surface area contributed by atoms with Gasteiger partial charge in [0.1, 0.15) is 6.09 Å². The van der Waals surface area contributed by atoms with E-state index in [0.717, 1.165) is 6.08 Å². The monoisotopic (exact) mass is 190 g/mol. The van der Waals surface area contributed by atoms with Crippen LogP contribution in [0.2, 0.25) is 0 Å².